The van der Waals surface area contributed by atoms with Crippen LogP contribution >= 0.6 is 0 Å². The number of aromatic hydroxyl groups is 2. The molecule has 3 aromatic rings. The normalized spacial score (nSPS) is 12.7. The Hall–Kier alpha value is -3.40. The highest BCUT2D eigenvalue weighted by Crippen LogP contribution is 2.33. The van der Waals surface area contributed by atoms with E-state index in [1.54, 1.807) is 24.6 Å². The van der Waals surface area contributed by atoms with E-state index >= 15 is 0 Å². The lowest BCUT2D eigenvalue weighted by Gasteiger charge is -2.19. The van der Waals surface area contributed by atoms with Crippen LogP contribution in [0.5, 0.6) is 11.5 Å². The number of rotatable bonds is 4. The van der Waals surface area contributed by atoms with Crippen LogP contribution in [0.4, 0.5) is 11.4 Å². The van der Waals surface area contributed by atoms with Crippen LogP contribution in [0, 0.1) is 0 Å². The van der Waals surface area contributed by atoms with Gasteiger partial charge in [-0.15, -0.1) is 0 Å². The van der Waals surface area contributed by atoms with Crippen LogP contribution in [-0.2, 0) is 10.8 Å². The van der Waals surface area contributed by atoms with Crippen molar-refractivity contribution in [2.45, 2.75) is 52.4 Å². The van der Waals surface area contributed by atoms with Gasteiger partial charge < -0.3 is 10.2 Å². The highest BCUT2D eigenvalue weighted by atomic mass is 16.3. The standard InChI is InChI=1S/C28H32N2O2/c1-27(2,3)21-11-13-23(25(31)15-21)29-17-19-7-9-20(10-8-19)18-30-24-14-12-22(16-26(24)32)28(4,5)6/h7-18,31-32H,1-6H3. The van der Waals surface area contributed by atoms with Crippen molar-refractivity contribution in [1.29, 1.82) is 0 Å². The minimum Gasteiger partial charge on any atom is -0.506 e. The van der Waals surface area contributed by atoms with Crippen molar-refractivity contribution in [2.24, 2.45) is 9.98 Å². The first-order chi connectivity index (χ1) is 14.9. The molecule has 0 aliphatic heterocycles. The minimum absolute atomic E-state index is 0.0253. The quantitative estimate of drug-likeness (QED) is 0.432. The van der Waals surface area contributed by atoms with Gasteiger partial charge in [0.2, 0.25) is 0 Å². The minimum atomic E-state index is -0.0253. The van der Waals surface area contributed by atoms with E-state index in [1.807, 2.05) is 48.5 Å². The van der Waals surface area contributed by atoms with Gasteiger partial charge in [0, 0.05) is 12.4 Å². The summed E-state index contributed by atoms with van der Waals surface area (Å²) < 4.78 is 0. The van der Waals surface area contributed by atoms with E-state index in [2.05, 4.69) is 51.5 Å². The second kappa shape index (κ2) is 8.99. The first kappa shape index (κ1) is 23.3. The maximum absolute atomic E-state index is 10.3. The third-order valence-corrected chi connectivity index (χ3v) is 5.32. The number of aliphatic imine (C=N–C) groups is 2. The molecular weight excluding hydrogens is 396 g/mol. The molecule has 0 unspecified atom stereocenters. The fourth-order valence-corrected chi connectivity index (χ4v) is 3.15. The molecular formula is C28H32N2O2. The van der Waals surface area contributed by atoms with Crippen molar-refractivity contribution in [3.63, 3.8) is 0 Å². The summed E-state index contributed by atoms with van der Waals surface area (Å²) in [5, 5.41) is 20.6. The molecule has 32 heavy (non-hydrogen) atoms. The van der Waals surface area contributed by atoms with Crippen molar-refractivity contribution in [3.05, 3.63) is 82.9 Å². The van der Waals surface area contributed by atoms with Crippen molar-refractivity contribution in [2.75, 3.05) is 0 Å². The van der Waals surface area contributed by atoms with Gasteiger partial charge in [0.15, 0.2) is 0 Å². The first-order valence-electron chi connectivity index (χ1n) is 10.8. The predicted octanol–water partition coefficient (Wildman–Crippen LogP) is 7.19. The fourth-order valence-electron chi connectivity index (χ4n) is 3.15. The third kappa shape index (κ3) is 5.85. The van der Waals surface area contributed by atoms with Crippen LogP contribution in [-0.4, -0.2) is 22.6 Å². The van der Waals surface area contributed by atoms with Gasteiger partial charge in [-0.3, -0.25) is 9.98 Å². The van der Waals surface area contributed by atoms with Gasteiger partial charge in [-0.1, -0.05) is 77.9 Å². The maximum Gasteiger partial charge on any atom is 0.141 e. The molecule has 3 aromatic carbocycles. The zero-order chi connectivity index (χ0) is 23.5. The van der Waals surface area contributed by atoms with Crippen LogP contribution in [0.2, 0.25) is 0 Å². The number of phenolic OH excluding ortho intramolecular Hbond substituents is 2. The molecule has 0 radical (unpaired) electrons. The van der Waals surface area contributed by atoms with Crippen LogP contribution in [0.15, 0.2) is 70.6 Å². The van der Waals surface area contributed by atoms with E-state index in [-0.39, 0.29) is 22.3 Å². The van der Waals surface area contributed by atoms with Crippen LogP contribution in [0.1, 0.15) is 63.8 Å². The van der Waals surface area contributed by atoms with E-state index in [1.165, 1.54) is 0 Å². The summed E-state index contributed by atoms with van der Waals surface area (Å²) >= 11 is 0. The van der Waals surface area contributed by atoms with Crippen molar-refractivity contribution in [1.82, 2.24) is 0 Å². The Balaban J connectivity index is 1.71. The highest BCUT2D eigenvalue weighted by Gasteiger charge is 2.16. The van der Waals surface area contributed by atoms with Crippen LogP contribution in [0.25, 0.3) is 0 Å². The van der Waals surface area contributed by atoms with E-state index in [9.17, 15) is 10.2 Å². The SMILES string of the molecule is CC(C)(C)c1ccc(N=Cc2ccc(C=Nc3ccc(C(C)(C)C)cc3O)cc2)c(O)c1. The molecule has 4 heteroatoms. The summed E-state index contributed by atoms with van der Waals surface area (Å²) in [6, 6.07) is 19.0. The summed E-state index contributed by atoms with van der Waals surface area (Å²) in [7, 11) is 0. The number of hydrogen-bond donors (Lipinski definition) is 2. The predicted molar refractivity (Wildman–Crippen MR) is 135 cm³/mol. The molecule has 0 aliphatic carbocycles. The molecule has 0 atom stereocenters. The number of benzene rings is 3. The summed E-state index contributed by atoms with van der Waals surface area (Å²) in [4.78, 5) is 8.84. The monoisotopic (exact) mass is 428 g/mol. The van der Waals surface area contributed by atoms with Gasteiger partial charge in [-0.2, -0.15) is 0 Å². The second-order valence-electron chi connectivity index (χ2n) is 10.1. The van der Waals surface area contributed by atoms with E-state index < -0.39 is 0 Å². The molecule has 3 rings (SSSR count). The van der Waals surface area contributed by atoms with Gasteiger partial charge >= 0.3 is 0 Å². The molecule has 2 N–H and O–H groups in total. The molecule has 0 saturated carbocycles. The average molecular weight is 429 g/mol. The largest absolute Gasteiger partial charge is 0.506 e. The van der Waals surface area contributed by atoms with Crippen LogP contribution < -0.4 is 0 Å². The van der Waals surface area contributed by atoms with E-state index in [4.69, 9.17) is 0 Å². The molecule has 0 amide bonds. The molecule has 0 aromatic heterocycles. The van der Waals surface area contributed by atoms with E-state index in [0.717, 1.165) is 22.3 Å². The van der Waals surface area contributed by atoms with Crippen LogP contribution in [0.3, 0.4) is 0 Å². The Labute approximate surface area is 191 Å². The maximum atomic E-state index is 10.3. The second-order valence-corrected chi connectivity index (χ2v) is 10.1. The Morgan fingerprint density at radius 1 is 0.562 bits per heavy atom. The average Bonchev–Trinajstić information content (AvgIpc) is 2.71. The number of nitrogens with zero attached hydrogens (tertiary/aromatic N) is 2. The molecule has 0 saturated heterocycles. The fraction of sp³-hybridized carbons (Fsp3) is 0.286. The van der Waals surface area contributed by atoms with Crippen molar-refractivity contribution < 1.29 is 10.2 Å². The number of hydrogen-bond acceptors (Lipinski definition) is 4. The summed E-state index contributed by atoms with van der Waals surface area (Å²) in [5.41, 5.74) is 4.99. The van der Waals surface area contributed by atoms with Crippen molar-refractivity contribution in [3.8, 4) is 11.5 Å². The molecule has 0 spiro atoms. The lowest BCUT2D eigenvalue weighted by atomic mass is 9.87. The van der Waals surface area contributed by atoms with E-state index in [0.29, 0.717) is 11.4 Å². The summed E-state index contributed by atoms with van der Waals surface area (Å²) in [5.74, 6) is 0.351. The summed E-state index contributed by atoms with van der Waals surface area (Å²) in [6.07, 6.45) is 3.45. The molecule has 0 bridgehead atoms. The van der Waals surface area contributed by atoms with Gasteiger partial charge in [0.25, 0.3) is 0 Å². The Kier molecular flexibility index (Phi) is 6.54. The zero-order valence-corrected chi connectivity index (χ0v) is 19.7. The van der Waals surface area contributed by atoms with Crippen molar-refractivity contribution >= 4 is 23.8 Å². The zero-order valence-electron chi connectivity index (χ0n) is 19.7. The molecule has 0 fully saturated rings. The Bertz CT molecular complexity index is 1050. The number of phenols is 2. The summed E-state index contributed by atoms with van der Waals surface area (Å²) in [6.45, 7) is 12.7. The molecule has 4 nitrogen and oxygen atoms in total. The van der Waals surface area contributed by atoms with Gasteiger partial charge in [-0.25, -0.2) is 0 Å². The topological polar surface area (TPSA) is 65.2 Å². The smallest absolute Gasteiger partial charge is 0.141 e. The lowest BCUT2D eigenvalue weighted by molar-refractivity contribution is 0.472. The van der Waals surface area contributed by atoms with Gasteiger partial charge in [-0.05, 0) is 57.3 Å². The third-order valence-electron chi connectivity index (χ3n) is 5.32. The molecule has 166 valence electrons. The Morgan fingerprint density at radius 2 is 0.906 bits per heavy atom. The molecule has 0 aliphatic rings. The highest BCUT2D eigenvalue weighted by molar-refractivity contribution is 5.86. The molecule has 0 heterocycles. The van der Waals surface area contributed by atoms with Gasteiger partial charge in [0.05, 0.1) is 0 Å². The van der Waals surface area contributed by atoms with Gasteiger partial charge in [0.1, 0.15) is 22.9 Å². The Morgan fingerprint density at radius 3 is 1.19 bits per heavy atom. The lowest BCUT2D eigenvalue weighted by Crippen LogP contribution is -2.10. The first-order valence-corrected chi connectivity index (χ1v) is 10.8.